The Bertz CT molecular complexity index is 429. The molecule has 14 heavy (non-hydrogen) atoms. The first-order valence-corrected chi connectivity index (χ1v) is 5.36. The average Bonchev–Trinajstić information content (AvgIpc) is 2.67. The number of nitrogens with zero attached hydrogens (tertiary/aromatic N) is 1. The van der Waals surface area contributed by atoms with E-state index in [9.17, 15) is 0 Å². The van der Waals surface area contributed by atoms with Gasteiger partial charge < -0.3 is 0 Å². The zero-order valence-electron chi connectivity index (χ0n) is 7.97. The number of thiazole rings is 1. The molecule has 0 spiro atoms. The molecule has 0 saturated carbocycles. The second kappa shape index (κ2) is 4.20. The van der Waals surface area contributed by atoms with Gasteiger partial charge in [-0.25, -0.2) is 0 Å². The van der Waals surface area contributed by atoms with Gasteiger partial charge in [0.2, 0.25) is 0 Å². The second-order valence-electron chi connectivity index (χ2n) is 3.15. The van der Waals surface area contributed by atoms with E-state index in [4.69, 9.17) is 0 Å². The molecular formula is C12H11NS. The Morgan fingerprint density at radius 3 is 2.93 bits per heavy atom. The summed E-state index contributed by atoms with van der Waals surface area (Å²) in [5.74, 6) is 0. The third-order valence-electron chi connectivity index (χ3n) is 1.93. The third kappa shape index (κ3) is 2.30. The standard InChI is InChI=1S/C12H11NS/c1-10-3-2-4-11(7-10)5-6-12-8-13-9-14-12/h2-9H,1H3/b6-5+. The van der Waals surface area contributed by atoms with Gasteiger partial charge in [-0.05, 0) is 18.6 Å². The Morgan fingerprint density at radius 1 is 1.29 bits per heavy atom. The molecule has 0 unspecified atom stereocenters. The fourth-order valence-electron chi connectivity index (χ4n) is 1.26. The minimum atomic E-state index is 1.19. The Hall–Kier alpha value is -1.41. The highest BCUT2D eigenvalue weighted by molar-refractivity contribution is 7.10. The van der Waals surface area contributed by atoms with Gasteiger partial charge in [0.25, 0.3) is 0 Å². The predicted molar refractivity (Wildman–Crippen MR) is 62.2 cm³/mol. The first-order chi connectivity index (χ1) is 6.84. The van der Waals surface area contributed by atoms with Crippen molar-refractivity contribution in [3.8, 4) is 0 Å². The van der Waals surface area contributed by atoms with Crippen LogP contribution in [-0.4, -0.2) is 4.98 Å². The molecule has 1 aromatic heterocycles. The first-order valence-electron chi connectivity index (χ1n) is 4.48. The van der Waals surface area contributed by atoms with Crippen molar-refractivity contribution in [1.29, 1.82) is 0 Å². The molecule has 0 amide bonds. The highest BCUT2D eigenvalue weighted by Gasteiger charge is 1.89. The normalized spacial score (nSPS) is 10.9. The van der Waals surface area contributed by atoms with Gasteiger partial charge in [0.15, 0.2) is 0 Å². The summed E-state index contributed by atoms with van der Waals surface area (Å²) in [6.07, 6.45) is 6.07. The lowest BCUT2D eigenvalue weighted by Crippen LogP contribution is -1.73. The van der Waals surface area contributed by atoms with Crippen molar-refractivity contribution >= 4 is 23.5 Å². The van der Waals surface area contributed by atoms with Crippen LogP contribution in [0.5, 0.6) is 0 Å². The van der Waals surface area contributed by atoms with Crippen molar-refractivity contribution in [2.45, 2.75) is 6.92 Å². The molecule has 0 radical (unpaired) electrons. The van der Waals surface area contributed by atoms with Gasteiger partial charge in [0.1, 0.15) is 0 Å². The van der Waals surface area contributed by atoms with Crippen LogP contribution >= 0.6 is 11.3 Å². The summed E-state index contributed by atoms with van der Waals surface area (Å²) in [5, 5.41) is 0. The lowest BCUT2D eigenvalue weighted by atomic mass is 10.1. The highest BCUT2D eigenvalue weighted by atomic mass is 32.1. The Kier molecular flexibility index (Phi) is 2.75. The zero-order chi connectivity index (χ0) is 9.80. The van der Waals surface area contributed by atoms with Crippen LogP contribution in [0.3, 0.4) is 0 Å². The largest absolute Gasteiger partial charge is 0.253 e. The van der Waals surface area contributed by atoms with Gasteiger partial charge in [0, 0.05) is 11.1 Å². The van der Waals surface area contributed by atoms with Crippen molar-refractivity contribution in [2.24, 2.45) is 0 Å². The molecule has 2 aromatic rings. The number of aromatic nitrogens is 1. The maximum Gasteiger partial charge on any atom is 0.0797 e. The van der Waals surface area contributed by atoms with Crippen molar-refractivity contribution in [3.63, 3.8) is 0 Å². The lowest BCUT2D eigenvalue weighted by molar-refractivity contribution is 1.42. The summed E-state index contributed by atoms with van der Waals surface area (Å²) in [6.45, 7) is 2.10. The maximum absolute atomic E-state index is 4.02. The van der Waals surface area contributed by atoms with Gasteiger partial charge >= 0.3 is 0 Å². The minimum absolute atomic E-state index is 1.19. The zero-order valence-corrected chi connectivity index (χ0v) is 8.79. The number of aryl methyl sites for hydroxylation is 1. The predicted octanol–water partition coefficient (Wildman–Crippen LogP) is 3.62. The Labute approximate surface area is 87.8 Å². The van der Waals surface area contributed by atoms with Crippen LogP contribution < -0.4 is 0 Å². The third-order valence-corrected chi connectivity index (χ3v) is 2.67. The molecule has 1 nitrogen and oxygen atoms in total. The van der Waals surface area contributed by atoms with Crippen LogP contribution in [0, 0.1) is 6.92 Å². The molecule has 0 atom stereocenters. The SMILES string of the molecule is Cc1cccc(/C=C/c2cncs2)c1. The monoisotopic (exact) mass is 201 g/mol. The number of hydrogen-bond acceptors (Lipinski definition) is 2. The topological polar surface area (TPSA) is 12.9 Å². The second-order valence-corrected chi connectivity index (χ2v) is 4.07. The number of benzene rings is 1. The molecule has 0 aliphatic carbocycles. The summed E-state index contributed by atoms with van der Waals surface area (Å²) < 4.78 is 0. The van der Waals surface area contributed by atoms with Crippen LogP contribution in [-0.2, 0) is 0 Å². The van der Waals surface area contributed by atoms with E-state index in [2.05, 4.69) is 48.3 Å². The first kappa shape index (κ1) is 9.16. The Morgan fingerprint density at radius 2 is 2.21 bits per heavy atom. The van der Waals surface area contributed by atoms with E-state index in [1.165, 1.54) is 16.0 Å². The Balaban J connectivity index is 2.18. The molecule has 0 aliphatic heterocycles. The van der Waals surface area contributed by atoms with E-state index >= 15 is 0 Å². The smallest absolute Gasteiger partial charge is 0.0797 e. The molecule has 0 aliphatic rings. The number of hydrogen-bond donors (Lipinski definition) is 0. The summed E-state index contributed by atoms with van der Waals surface area (Å²) >= 11 is 1.65. The molecular weight excluding hydrogens is 190 g/mol. The molecule has 0 bridgehead atoms. The van der Waals surface area contributed by atoms with Crippen molar-refractivity contribution < 1.29 is 0 Å². The molecule has 70 valence electrons. The molecule has 1 aromatic carbocycles. The van der Waals surface area contributed by atoms with Gasteiger partial charge in [-0.2, -0.15) is 0 Å². The maximum atomic E-state index is 4.02. The van der Waals surface area contributed by atoms with Crippen LogP contribution in [0.2, 0.25) is 0 Å². The molecule has 0 N–H and O–H groups in total. The average molecular weight is 201 g/mol. The van der Waals surface area contributed by atoms with Crippen LogP contribution in [0.25, 0.3) is 12.2 Å². The summed E-state index contributed by atoms with van der Waals surface area (Å²) in [5.41, 5.74) is 4.37. The molecule has 2 heteroatoms. The quantitative estimate of drug-likeness (QED) is 0.723. The van der Waals surface area contributed by atoms with Gasteiger partial charge in [0.05, 0.1) is 5.51 Å². The van der Waals surface area contributed by atoms with E-state index in [0.717, 1.165) is 0 Å². The van der Waals surface area contributed by atoms with Gasteiger partial charge in [-0.15, -0.1) is 11.3 Å². The molecule has 0 fully saturated rings. The van der Waals surface area contributed by atoms with Crippen LogP contribution in [0.4, 0.5) is 0 Å². The van der Waals surface area contributed by atoms with Crippen LogP contribution in [0.15, 0.2) is 36.0 Å². The summed E-state index contributed by atoms with van der Waals surface area (Å²) in [6, 6.07) is 8.44. The van der Waals surface area contributed by atoms with Crippen molar-refractivity contribution in [1.82, 2.24) is 4.98 Å². The fourth-order valence-corrected chi connectivity index (χ4v) is 1.77. The minimum Gasteiger partial charge on any atom is -0.253 e. The number of rotatable bonds is 2. The highest BCUT2D eigenvalue weighted by Crippen LogP contribution is 2.12. The van der Waals surface area contributed by atoms with Crippen LogP contribution in [0.1, 0.15) is 16.0 Å². The fraction of sp³-hybridized carbons (Fsp3) is 0.0833. The van der Waals surface area contributed by atoms with E-state index in [1.807, 2.05) is 11.7 Å². The summed E-state index contributed by atoms with van der Waals surface area (Å²) in [4.78, 5) is 5.21. The molecule has 0 saturated heterocycles. The van der Waals surface area contributed by atoms with E-state index < -0.39 is 0 Å². The van der Waals surface area contributed by atoms with E-state index in [1.54, 1.807) is 11.3 Å². The van der Waals surface area contributed by atoms with Gasteiger partial charge in [-0.3, -0.25) is 4.98 Å². The van der Waals surface area contributed by atoms with Crippen molar-refractivity contribution in [2.75, 3.05) is 0 Å². The molecule has 1 heterocycles. The van der Waals surface area contributed by atoms with Crippen molar-refractivity contribution in [3.05, 3.63) is 52.0 Å². The van der Waals surface area contributed by atoms with Gasteiger partial charge in [-0.1, -0.05) is 35.9 Å². The lowest BCUT2D eigenvalue weighted by Gasteiger charge is -1.94. The summed E-state index contributed by atoms with van der Waals surface area (Å²) in [7, 11) is 0. The van der Waals surface area contributed by atoms with E-state index in [-0.39, 0.29) is 0 Å². The molecule has 2 rings (SSSR count). The van der Waals surface area contributed by atoms with E-state index in [0.29, 0.717) is 0 Å².